The van der Waals surface area contributed by atoms with Crippen LogP contribution in [0, 0.1) is 35.5 Å². The Hall–Kier alpha value is -7.69. The number of ether oxygens (including phenoxy) is 3. The number of allylic oxidation sites excluding steroid dienone is 2. The average molecular weight is 1370 g/mol. The molecule has 536 valence electrons. The van der Waals surface area contributed by atoms with Crippen LogP contribution in [0.1, 0.15) is 172 Å². The fourth-order valence-electron chi connectivity index (χ4n) is 21.8. The summed E-state index contributed by atoms with van der Waals surface area (Å²) < 4.78 is 16.6. The Morgan fingerprint density at radius 3 is 1.41 bits per heavy atom. The van der Waals surface area contributed by atoms with Gasteiger partial charge >= 0.3 is 0 Å². The number of piperidine rings is 6. The van der Waals surface area contributed by atoms with E-state index in [1.54, 1.807) is 27.4 Å². The molecule has 1 amide bonds. The fourth-order valence-corrected chi connectivity index (χ4v) is 21.8. The standard InChI is InChI=1S/C20H26N2O.2C19H24N2O.C15H21NO2.C13H15NO2/c1-3-13-9-12-10-15-19-14(7-8-22(11-12)20(13)15)18-16(21-19)5-4-6-17(18)23-2;2*1-2-12-8-11-9-14-18-13(6-7-21(10-11)19(12)14)17-15(20-18)4-3-5-16(17)22;1-16(2)10-9-12-6-5-11-7-8-13(17-3)15(18-4)14(11)12;1-9(15)14-8-7-11-6-5-10-3-2-4-12(16)13(10)11/h4-6,12-13,15,20-21H,3,7-11H2,1-2H3;2*3-5,11-12,14,19-20,22H,2,6-10H2,1H3;6-8H,5,9-10H2,1-4H3;2-4,6,16H,5,7-8H2,1H3,(H,14,15). The van der Waals surface area contributed by atoms with Crippen LogP contribution in [0.25, 0.3) is 43.9 Å². The van der Waals surface area contributed by atoms with Gasteiger partial charge in [-0.1, -0.05) is 88.6 Å². The number of aromatic nitrogens is 3. The SMILES string of the molecule is CC(=O)NCCC1=CCc2cccc(O)c21.CCC1CC2CC3c4[nH]c5cccc(O)c5c4CCN(C2)C13.CCC1CC2CC3c4[nH]c5cccc(O)c5c4CCN(C2)C13.CCC1CC2CC3c4[nH]c5cccc(OC)c5c4CCN(C2)C13.COc1ccc2c(c1OC)C(CCN(C)C)=CC2. The lowest BCUT2D eigenvalue weighted by Crippen LogP contribution is -2.56. The van der Waals surface area contributed by atoms with Crippen molar-refractivity contribution in [3.63, 3.8) is 0 Å². The van der Waals surface area contributed by atoms with Crippen molar-refractivity contribution in [2.75, 3.05) is 87.8 Å². The van der Waals surface area contributed by atoms with Crippen LogP contribution < -0.4 is 19.5 Å². The number of amides is 1. The van der Waals surface area contributed by atoms with Crippen LogP contribution in [0.2, 0.25) is 0 Å². The number of aromatic amines is 3. The molecule has 22 rings (SSSR count). The molecule has 9 aliphatic heterocycles. The van der Waals surface area contributed by atoms with Gasteiger partial charge in [0.1, 0.15) is 23.0 Å². The number of carbonyl (C=O) groups is 1. The molecule has 5 aromatic carbocycles. The molecule has 9 fully saturated rings. The second-order valence-electron chi connectivity index (χ2n) is 31.7. The topological polar surface area (TPSA) is 178 Å². The molecule has 15 unspecified atom stereocenters. The van der Waals surface area contributed by atoms with Crippen LogP contribution in [-0.2, 0) is 36.9 Å². The van der Waals surface area contributed by atoms with Crippen LogP contribution in [0.15, 0.2) is 97.1 Å². The lowest BCUT2D eigenvalue weighted by Gasteiger charge is -2.53. The zero-order chi connectivity index (χ0) is 69.9. The van der Waals surface area contributed by atoms with Gasteiger partial charge in [0.2, 0.25) is 5.91 Å². The van der Waals surface area contributed by atoms with Gasteiger partial charge in [-0.05, 0) is 221 Å². The van der Waals surface area contributed by atoms with Crippen LogP contribution in [0.4, 0.5) is 0 Å². The zero-order valence-electron chi connectivity index (χ0n) is 61.4. The molecule has 8 aromatic rings. The largest absolute Gasteiger partial charge is 0.507 e. The van der Waals surface area contributed by atoms with Crippen LogP contribution in [-0.4, -0.2) is 162 Å². The minimum absolute atomic E-state index is 0.0175. The summed E-state index contributed by atoms with van der Waals surface area (Å²) in [6, 6.07) is 30.1. The third-order valence-corrected chi connectivity index (χ3v) is 25.9. The molecule has 101 heavy (non-hydrogen) atoms. The van der Waals surface area contributed by atoms with Crippen molar-refractivity contribution in [3.05, 3.63) is 153 Å². The van der Waals surface area contributed by atoms with Crippen LogP contribution in [0.5, 0.6) is 34.5 Å². The fraction of sp³-hybridized carbons (Fsp3) is 0.523. The molecule has 3 saturated carbocycles. The minimum Gasteiger partial charge on any atom is -0.507 e. The summed E-state index contributed by atoms with van der Waals surface area (Å²) in [7, 11) is 9.38. The lowest BCUT2D eigenvalue weighted by molar-refractivity contribution is -0.118. The molecule has 6 saturated heterocycles. The summed E-state index contributed by atoms with van der Waals surface area (Å²) in [5.41, 5.74) is 19.4. The van der Waals surface area contributed by atoms with Gasteiger partial charge in [0.25, 0.3) is 0 Å². The summed E-state index contributed by atoms with van der Waals surface area (Å²) in [4.78, 5) is 32.5. The number of aromatic hydroxyl groups is 3. The van der Waals surface area contributed by atoms with Gasteiger partial charge < -0.3 is 54.7 Å². The number of phenols is 3. The van der Waals surface area contributed by atoms with E-state index in [0.717, 1.165) is 162 Å². The quantitative estimate of drug-likeness (QED) is 0.0619. The number of benzene rings is 5. The highest BCUT2D eigenvalue weighted by atomic mass is 16.5. The molecule has 5 aliphatic carbocycles. The van der Waals surface area contributed by atoms with E-state index in [-0.39, 0.29) is 5.91 Å². The first kappa shape index (κ1) is 69.0. The van der Waals surface area contributed by atoms with Gasteiger partial charge in [-0.25, -0.2) is 0 Å². The number of hydrogen-bond acceptors (Lipinski definition) is 11. The van der Waals surface area contributed by atoms with Crippen molar-refractivity contribution in [2.45, 2.75) is 166 Å². The van der Waals surface area contributed by atoms with Gasteiger partial charge in [-0.15, -0.1) is 0 Å². The van der Waals surface area contributed by atoms with Crippen molar-refractivity contribution in [1.82, 2.24) is 39.9 Å². The van der Waals surface area contributed by atoms with Crippen molar-refractivity contribution in [3.8, 4) is 34.5 Å². The molecule has 12 heterocycles. The highest BCUT2D eigenvalue weighted by Gasteiger charge is 2.52. The minimum atomic E-state index is -0.0175. The Morgan fingerprint density at radius 1 is 0.515 bits per heavy atom. The number of methoxy groups -OCH3 is 3. The van der Waals surface area contributed by atoms with Gasteiger partial charge in [-0.3, -0.25) is 19.5 Å². The molecule has 14 aliphatic rings. The maximum absolute atomic E-state index is 10.8. The molecule has 12 bridgehead atoms. The van der Waals surface area contributed by atoms with Crippen molar-refractivity contribution >= 4 is 49.8 Å². The van der Waals surface area contributed by atoms with E-state index in [9.17, 15) is 20.1 Å². The third-order valence-electron chi connectivity index (χ3n) is 25.9. The first-order valence-corrected chi connectivity index (χ1v) is 38.5. The average Bonchev–Trinajstić information content (AvgIpc) is 1.62. The van der Waals surface area contributed by atoms with E-state index >= 15 is 0 Å². The number of rotatable bonds is 12. The summed E-state index contributed by atoms with van der Waals surface area (Å²) in [6.07, 6.45) is 23.7. The normalized spacial score (nSPS) is 28.3. The molecular formula is C86H110N8O7. The van der Waals surface area contributed by atoms with Crippen molar-refractivity contribution < 1.29 is 34.3 Å². The molecule has 15 heteroatoms. The molecule has 3 aromatic heterocycles. The van der Waals surface area contributed by atoms with Gasteiger partial charge in [0.15, 0.2) is 11.5 Å². The summed E-state index contributed by atoms with van der Waals surface area (Å²) in [5.74, 6) is 11.1. The number of hydrogen-bond donors (Lipinski definition) is 7. The monoisotopic (exact) mass is 1370 g/mol. The summed E-state index contributed by atoms with van der Waals surface area (Å²) in [6.45, 7) is 17.7. The van der Waals surface area contributed by atoms with E-state index in [1.807, 2.05) is 42.5 Å². The lowest BCUT2D eigenvalue weighted by atomic mass is 9.65. The first-order chi connectivity index (χ1) is 49.2. The van der Waals surface area contributed by atoms with Gasteiger partial charge in [0.05, 0.1) is 21.3 Å². The number of carbonyl (C=O) groups excluding carboxylic acids is 1. The number of nitrogens with zero attached hydrogens (tertiary/aromatic N) is 4. The predicted molar refractivity (Wildman–Crippen MR) is 407 cm³/mol. The third kappa shape index (κ3) is 12.9. The van der Waals surface area contributed by atoms with E-state index in [4.69, 9.17) is 14.2 Å². The second kappa shape index (κ2) is 29.2. The van der Waals surface area contributed by atoms with Crippen LogP contribution in [0.3, 0.4) is 0 Å². The molecule has 0 spiro atoms. The Labute approximate surface area is 598 Å². The predicted octanol–water partition coefficient (Wildman–Crippen LogP) is 15.7. The van der Waals surface area contributed by atoms with E-state index in [2.05, 4.69) is 123 Å². The number of nitrogens with one attached hydrogen (secondary N) is 4. The van der Waals surface area contributed by atoms with Crippen molar-refractivity contribution in [2.24, 2.45) is 35.5 Å². The number of fused-ring (bicyclic) bond motifs is 14. The van der Waals surface area contributed by atoms with E-state index in [1.165, 1.54) is 152 Å². The number of H-pyrrole nitrogens is 3. The van der Waals surface area contributed by atoms with E-state index in [0.29, 0.717) is 53.6 Å². The molecule has 15 nitrogen and oxygen atoms in total. The second-order valence-corrected chi connectivity index (χ2v) is 31.7. The molecule has 0 radical (unpaired) electrons. The van der Waals surface area contributed by atoms with Crippen LogP contribution >= 0.6 is 0 Å². The Bertz CT molecular complexity index is 4280. The summed E-state index contributed by atoms with van der Waals surface area (Å²) >= 11 is 0. The summed E-state index contributed by atoms with van der Waals surface area (Å²) in [5, 5.41) is 36.7. The van der Waals surface area contributed by atoms with E-state index < -0.39 is 0 Å². The van der Waals surface area contributed by atoms with Crippen molar-refractivity contribution in [1.29, 1.82) is 0 Å². The molecular weight excluding hydrogens is 1260 g/mol. The number of phenolic OH excluding ortho intramolecular Hbond substituents is 3. The maximum Gasteiger partial charge on any atom is 0.216 e. The Kier molecular flexibility index (Phi) is 20.0. The Balaban J connectivity index is 0.000000103. The van der Waals surface area contributed by atoms with Gasteiger partial charge in [-0.2, -0.15) is 0 Å². The molecule has 15 atom stereocenters. The maximum atomic E-state index is 10.8. The molecule has 7 N–H and O–H groups in total. The first-order valence-electron chi connectivity index (χ1n) is 38.5. The Morgan fingerprint density at radius 2 is 0.950 bits per heavy atom. The highest BCUT2D eigenvalue weighted by Crippen LogP contribution is 2.55. The highest BCUT2D eigenvalue weighted by molar-refractivity contribution is 5.93. The smallest absolute Gasteiger partial charge is 0.216 e. The van der Waals surface area contributed by atoms with Gasteiger partial charge in [0, 0.05) is 156 Å². The zero-order valence-corrected chi connectivity index (χ0v) is 61.4.